The highest BCUT2D eigenvalue weighted by molar-refractivity contribution is 6.14. The highest BCUT2D eigenvalue weighted by atomic mass is 16.1. The van der Waals surface area contributed by atoms with Crippen molar-refractivity contribution in [1.82, 2.24) is 19.6 Å². The van der Waals surface area contributed by atoms with E-state index in [0.29, 0.717) is 17.9 Å². The van der Waals surface area contributed by atoms with E-state index in [1.165, 1.54) is 0 Å². The fourth-order valence-corrected chi connectivity index (χ4v) is 2.28. The Kier molecular flexibility index (Phi) is 2.67. The number of para-hydroxylation sites is 1. The summed E-state index contributed by atoms with van der Waals surface area (Å²) in [4.78, 5) is 12.6. The highest BCUT2D eigenvalue weighted by Gasteiger charge is 2.20. The Morgan fingerprint density at radius 3 is 2.84 bits per heavy atom. The third-order valence-electron chi connectivity index (χ3n) is 3.22. The van der Waals surface area contributed by atoms with Crippen LogP contribution in [-0.2, 0) is 13.6 Å². The van der Waals surface area contributed by atoms with E-state index in [1.54, 1.807) is 21.6 Å². The molecule has 0 aliphatic heterocycles. The van der Waals surface area contributed by atoms with Gasteiger partial charge in [0, 0.05) is 25.2 Å². The maximum Gasteiger partial charge on any atom is 0.231 e. The molecule has 0 saturated carbocycles. The molecule has 0 radical (unpaired) electrons. The molecule has 2 aromatic heterocycles. The summed E-state index contributed by atoms with van der Waals surface area (Å²) >= 11 is 0. The second kappa shape index (κ2) is 4.35. The van der Waals surface area contributed by atoms with Crippen molar-refractivity contribution in [3.8, 4) is 0 Å². The van der Waals surface area contributed by atoms with Crippen LogP contribution in [0.2, 0.25) is 0 Å². The molecule has 3 rings (SSSR count). The first-order valence-electron chi connectivity index (χ1n) is 6.20. The Labute approximate surface area is 110 Å². The molecule has 5 heteroatoms. The van der Waals surface area contributed by atoms with Gasteiger partial charge in [0.2, 0.25) is 5.78 Å². The van der Waals surface area contributed by atoms with Gasteiger partial charge in [0.15, 0.2) is 0 Å². The second-order valence-corrected chi connectivity index (χ2v) is 4.35. The molecule has 0 bridgehead atoms. The molecular weight excluding hydrogens is 240 g/mol. The Morgan fingerprint density at radius 2 is 2.05 bits per heavy atom. The molecule has 0 aliphatic carbocycles. The van der Waals surface area contributed by atoms with Crippen molar-refractivity contribution in [2.45, 2.75) is 13.5 Å². The number of aromatic nitrogens is 4. The minimum Gasteiger partial charge on any atom is -0.285 e. The molecule has 0 spiro atoms. The molecule has 3 aromatic rings. The normalized spacial score (nSPS) is 11.1. The standard InChI is InChI=1S/C14H14N4O/c1-3-18-12(8-9-15-18)14(19)13-10-6-4-5-7-11(10)17(2)16-13/h4-9H,3H2,1-2H3. The lowest BCUT2D eigenvalue weighted by atomic mass is 10.1. The van der Waals surface area contributed by atoms with E-state index in [2.05, 4.69) is 10.2 Å². The minimum absolute atomic E-state index is 0.0869. The van der Waals surface area contributed by atoms with Crippen molar-refractivity contribution in [1.29, 1.82) is 0 Å². The third kappa shape index (κ3) is 1.74. The molecule has 0 N–H and O–H groups in total. The number of aryl methyl sites for hydroxylation is 2. The van der Waals surface area contributed by atoms with Crippen molar-refractivity contribution in [2.24, 2.45) is 7.05 Å². The molecule has 96 valence electrons. The number of fused-ring (bicyclic) bond motifs is 1. The van der Waals surface area contributed by atoms with Crippen LogP contribution in [0.3, 0.4) is 0 Å². The predicted octanol–water partition coefficient (Wildman–Crippen LogP) is 2.02. The zero-order chi connectivity index (χ0) is 13.4. The molecule has 2 heterocycles. The van der Waals surface area contributed by atoms with E-state index in [0.717, 1.165) is 10.9 Å². The topological polar surface area (TPSA) is 52.7 Å². The van der Waals surface area contributed by atoms with Crippen LogP contribution >= 0.6 is 0 Å². The lowest BCUT2D eigenvalue weighted by molar-refractivity contribution is 0.102. The molecule has 5 nitrogen and oxygen atoms in total. The van der Waals surface area contributed by atoms with Crippen LogP contribution < -0.4 is 0 Å². The van der Waals surface area contributed by atoms with Crippen LogP contribution in [0, 0.1) is 0 Å². The summed E-state index contributed by atoms with van der Waals surface area (Å²) in [6, 6.07) is 9.46. The average molecular weight is 254 g/mol. The van der Waals surface area contributed by atoms with Gasteiger partial charge in [-0.05, 0) is 19.1 Å². The first kappa shape index (κ1) is 11.6. The van der Waals surface area contributed by atoms with Gasteiger partial charge in [-0.2, -0.15) is 10.2 Å². The van der Waals surface area contributed by atoms with Crippen molar-refractivity contribution >= 4 is 16.7 Å². The van der Waals surface area contributed by atoms with Crippen LogP contribution in [0.1, 0.15) is 23.1 Å². The van der Waals surface area contributed by atoms with E-state index < -0.39 is 0 Å². The third-order valence-corrected chi connectivity index (χ3v) is 3.22. The minimum atomic E-state index is -0.0869. The summed E-state index contributed by atoms with van der Waals surface area (Å²) in [6.07, 6.45) is 1.64. The van der Waals surface area contributed by atoms with Gasteiger partial charge in [-0.15, -0.1) is 0 Å². The van der Waals surface area contributed by atoms with Crippen LogP contribution in [0.25, 0.3) is 10.9 Å². The van der Waals surface area contributed by atoms with Gasteiger partial charge < -0.3 is 0 Å². The maximum atomic E-state index is 12.6. The largest absolute Gasteiger partial charge is 0.285 e. The Morgan fingerprint density at radius 1 is 1.26 bits per heavy atom. The summed E-state index contributed by atoms with van der Waals surface area (Å²) in [6.45, 7) is 2.62. The van der Waals surface area contributed by atoms with Crippen molar-refractivity contribution < 1.29 is 4.79 Å². The van der Waals surface area contributed by atoms with E-state index in [1.807, 2.05) is 38.2 Å². The molecule has 1 aromatic carbocycles. The molecular formula is C14H14N4O. The van der Waals surface area contributed by atoms with Crippen LogP contribution in [0.5, 0.6) is 0 Å². The van der Waals surface area contributed by atoms with Crippen molar-refractivity contribution in [3.63, 3.8) is 0 Å². The van der Waals surface area contributed by atoms with Gasteiger partial charge in [-0.3, -0.25) is 14.2 Å². The Balaban J connectivity index is 2.17. The van der Waals surface area contributed by atoms with Gasteiger partial charge in [-0.1, -0.05) is 18.2 Å². The summed E-state index contributed by atoms with van der Waals surface area (Å²) in [5.74, 6) is -0.0869. The summed E-state index contributed by atoms with van der Waals surface area (Å²) in [7, 11) is 1.84. The van der Waals surface area contributed by atoms with Crippen LogP contribution in [-0.4, -0.2) is 25.3 Å². The highest BCUT2D eigenvalue weighted by Crippen LogP contribution is 2.20. The first-order valence-corrected chi connectivity index (χ1v) is 6.20. The predicted molar refractivity (Wildman–Crippen MR) is 72.0 cm³/mol. The number of nitrogens with zero attached hydrogens (tertiary/aromatic N) is 4. The second-order valence-electron chi connectivity index (χ2n) is 4.35. The number of benzene rings is 1. The van der Waals surface area contributed by atoms with E-state index in [9.17, 15) is 4.79 Å². The molecule has 0 fully saturated rings. The van der Waals surface area contributed by atoms with E-state index >= 15 is 0 Å². The Hall–Kier alpha value is -2.43. The number of carbonyl (C=O) groups excluding carboxylic acids is 1. The van der Waals surface area contributed by atoms with Crippen LogP contribution in [0.4, 0.5) is 0 Å². The number of carbonyl (C=O) groups is 1. The van der Waals surface area contributed by atoms with E-state index in [-0.39, 0.29) is 5.78 Å². The number of rotatable bonds is 3. The zero-order valence-electron chi connectivity index (χ0n) is 10.9. The number of ketones is 1. The summed E-state index contributed by atoms with van der Waals surface area (Å²) in [5.41, 5.74) is 2.01. The summed E-state index contributed by atoms with van der Waals surface area (Å²) in [5, 5.41) is 9.35. The van der Waals surface area contributed by atoms with Gasteiger partial charge in [0.25, 0.3) is 0 Å². The maximum absolute atomic E-state index is 12.6. The van der Waals surface area contributed by atoms with Gasteiger partial charge in [-0.25, -0.2) is 0 Å². The van der Waals surface area contributed by atoms with Crippen molar-refractivity contribution in [3.05, 3.63) is 47.9 Å². The number of hydrogen-bond donors (Lipinski definition) is 0. The SMILES string of the molecule is CCn1nccc1C(=O)c1nn(C)c2ccccc12. The molecule has 0 aliphatic rings. The van der Waals surface area contributed by atoms with Gasteiger partial charge >= 0.3 is 0 Å². The zero-order valence-corrected chi connectivity index (χ0v) is 10.9. The Bertz CT molecular complexity index is 754. The molecule has 0 atom stereocenters. The lowest BCUT2D eigenvalue weighted by Crippen LogP contribution is -2.11. The van der Waals surface area contributed by atoms with Gasteiger partial charge in [0.05, 0.1) is 5.52 Å². The van der Waals surface area contributed by atoms with E-state index in [4.69, 9.17) is 0 Å². The number of hydrogen-bond acceptors (Lipinski definition) is 3. The lowest BCUT2D eigenvalue weighted by Gasteiger charge is -2.01. The smallest absolute Gasteiger partial charge is 0.231 e. The first-order chi connectivity index (χ1) is 9.22. The fraction of sp³-hybridized carbons (Fsp3) is 0.214. The quantitative estimate of drug-likeness (QED) is 0.672. The monoisotopic (exact) mass is 254 g/mol. The molecule has 0 saturated heterocycles. The fourth-order valence-electron chi connectivity index (χ4n) is 2.28. The average Bonchev–Trinajstić information content (AvgIpc) is 3.03. The molecule has 0 unspecified atom stereocenters. The van der Waals surface area contributed by atoms with Crippen molar-refractivity contribution in [2.75, 3.05) is 0 Å². The van der Waals surface area contributed by atoms with Gasteiger partial charge in [0.1, 0.15) is 11.4 Å². The van der Waals surface area contributed by atoms with Crippen LogP contribution in [0.15, 0.2) is 36.5 Å². The summed E-state index contributed by atoms with van der Waals surface area (Å²) < 4.78 is 3.42. The molecule has 19 heavy (non-hydrogen) atoms. The molecule has 0 amide bonds.